The van der Waals surface area contributed by atoms with Crippen molar-refractivity contribution in [1.29, 1.82) is 0 Å². The number of carbonyl (C=O) groups excluding carboxylic acids is 2. The van der Waals surface area contributed by atoms with Crippen LogP contribution in [0.1, 0.15) is 205 Å². The van der Waals surface area contributed by atoms with E-state index in [1.54, 1.807) is 0 Å². The predicted octanol–water partition coefficient (Wildman–Crippen LogP) is 10.8. The number of carbonyl (C=O) groups is 2. The summed E-state index contributed by atoms with van der Waals surface area (Å²) in [5.74, 6) is 1.89. The number of β-amino-alcohol motifs (C(OH)–C–C–N with tert-alkyl or cyclic N) is 1. The molecule has 8 aliphatic carbocycles. The highest BCUT2D eigenvalue weighted by molar-refractivity contribution is 6.01. The fourth-order valence-corrected chi connectivity index (χ4v) is 22.8. The zero-order chi connectivity index (χ0) is 56.5. The molecule has 0 amide bonds. The van der Waals surface area contributed by atoms with Gasteiger partial charge in [-0.1, -0.05) is 71.1 Å². The number of ketones is 2. The number of anilines is 1. The lowest BCUT2D eigenvalue weighted by Crippen LogP contribution is -2.74. The Kier molecular flexibility index (Phi) is 14.9. The smallest absolute Gasteiger partial charge is 0.160 e. The summed E-state index contributed by atoms with van der Waals surface area (Å²) >= 11 is 0. The van der Waals surface area contributed by atoms with Gasteiger partial charge >= 0.3 is 0 Å². The largest absolute Gasteiger partial charge is 0.508 e. The normalized spacial score (nSPS) is 44.7. The lowest BCUT2D eigenvalue weighted by molar-refractivity contribution is -0.232. The molecule has 2 saturated heterocycles. The first-order valence-electron chi connectivity index (χ1n) is 32.3. The minimum absolute atomic E-state index is 0.0225. The Bertz CT molecular complexity index is 2740. The van der Waals surface area contributed by atoms with Crippen molar-refractivity contribution in [3.05, 3.63) is 69.8 Å². The van der Waals surface area contributed by atoms with Crippen LogP contribution < -0.4 is 16.4 Å². The number of aliphatic hydroxyl groups excluding tert-OH is 3. The van der Waals surface area contributed by atoms with Gasteiger partial charge in [-0.2, -0.15) is 0 Å². The monoisotopic (exact) mass is 1100 g/mol. The maximum absolute atomic E-state index is 16.7. The number of nitrogen functional groups attached to an aromatic ring is 1. The lowest BCUT2D eigenvalue weighted by atomic mass is 9.30. The molecule has 2 aromatic carbocycles. The summed E-state index contributed by atoms with van der Waals surface area (Å²) in [5, 5.41) is 67.7. The van der Waals surface area contributed by atoms with E-state index in [4.69, 9.17) is 10.5 Å². The van der Waals surface area contributed by atoms with E-state index in [2.05, 4.69) is 69.5 Å². The van der Waals surface area contributed by atoms with Gasteiger partial charge in [0.25, 0.3) is 0 Å². The summed E-state index contributed by atoms with van der Waals surface area (Å²) in [7, 11) is 1.92. The number of hydrogen-bond donors (Lipinski definition) is 8. The molecule has 8 fully saturated rings. The highest BCUT2D eigenvalue weighted by Crippen LogP contribution is 2.80. The average Bonchev–Trinajstić information content (AvgIpc) is 1.24. The van der Waals surface area contributed by atoms with Crippen molar-refractivity contribution in [3.8, 4) is 5.75 Å². The molecule has 11 heteroatoms. The van der Waals surface area contributed by atoms with Gasteiger partial charge in [0.1, 0.15) is 17.6 Å². The summed E-state index contributed by atoms with van der Waals surface area (Å²) < 4.78 is 6.92. The number of rotatable bonds is 12. The van der Waals surface area contributed by atoms with Gasteiger partial charge in [-0.05, 0) is 252 Å². The third kappa shape index (κ3) is 8.92. The highest BCUT2D eigenvalue weighted by atomic mass is 16.6. The second-order valence-corrected chi connectivity index (χ2v) is 30.5. The van der Waals surface area contributed by atoms with Gasteiger partial charge in [0.05, 0.1) is 22.7 Å². The first-order chi connectivity index (χ1) is 38.1. The maximum atomic E-state index is 16.7. The molecule has 19 atom stereocenters. The second-order valence-electron chi connectivity index (χ2n) is 30.5. The topological polar surface area (TPSA) is 198 Å². The van der Waals surface area contributed by atoms with E-state index in [0.29, 0.717) is 56.9 Å². The minimum atomic E-state index is -0.943. The number of epoxide rings is 1. The Hall–Kier alpha value is -3.16. The molecule has 6 saturated carbocycles. The molecule has 12 rings (SSSR count). The summed E-state index contributed by atoms with van der Waals surface area (Å²) in [6, 6.07) is 12.4. The Morgan fingerprint density at radius 1 is 0.863 bits per heavy atom. The maximum Gasteiger partial charge on any atom is 0.160 e. The fourth-order valence-electron chi connectivity index (χ4n) is 22.8. The van der Waals surface area contributed by atoms with Crippen LogP contribution in [0.3, 0.4) is 0 Å². The van der Waals surface area contributed by atoms with Gasteiger partial charge in [-0.15, -0.1) is 0 Å². The van der Waals surface area contributed by atoms with Crippen molar-refractivity contribution in [3.63, 3.8) is 0 Å². The van der Waals surface area contributed by atoms with Crippen LogP contribution >= 0.6 is 0 Å². The molecule has 10 aliphatic rings. The summed E-state index contributed by atoms with van der Waals surface area (Å²) in [5.41, 5.74) is 9.49. The van der Waals surface area contributed by atoms with Crippen LogP contribution in [0, 0.1) is 74.9 Å². The molecule has 9 N–H and O–H groups in total. The van der Waals surface area contributed by atoms with Crippen molar-refractivity contribution in [2.45, 2.75) is 230 Å². The molecule has 2 spiro atoms. The van der Waals surface area contributed by atoms with Crippen molar-refractivity contribution in [2.24, 2.45) is 74.9 Å². The van der Waals surface area contributed by atoms with Crippen LogP contribution in [0.15, 0.2) is 47.5 Å². The van der Waals surface area contributed by atoms with Crippen molar-refractivity contribution >= 4 is 17.3 Å². The number of allylic oxidation sites excluding steroid dienone is 2. The summed E-state index contributed by atoms with van der Waals surface area (Å²) in [6.45, 7) is 14.6. The molecule has 440 valence electrons. The third-order valence-corrected chi connectivity index (χ3v) is 25.4. The van der Waals surface area contributed by atoms with E-state index in [-0.39, 0.29) is 90.2 Å². The van der Waals surface area contributed by atoms with Crippen LogP contribution in [-0.4, -0.2) is 93.4 Å². The third-order valence-electron chi connectivity index (χ3n) is 25.4. The summed E-state index contributed by atoms with van der Waals surface area (Å²) in [6.07, 6.45) is 16.3. The number of nitrogens with two attached hydrogens (primary N) is 1. The van der Waals surface area contributed by atoms with Gasteiger partial charge in [0, 0.05) is 55.3 Å². The van der Waals surface area contributed by atoms with E-state index < -0.39 is 44.4 Å². The SMILES string of the molecule is CNCc1cc(O)cc([C@]23CCC[C@]45CC(=O)C6=C4CC[C@@H]4[C@](C)(C2)[C@H]2[C@H](C[C@@]45[C@@H](CO)CC[C@H]4CC[C@H](CO)C[C@H]4[C@@H]6C[C@@H](O)[C@H]4O[C@]4(C)[C@@H]4CCC[C@H]4c4cc(N)cc(CC(C)C)c4)NC[C@](C)(O)CCCC[C@@]2(C)C3=O)c1. The Labute approximate surface area is 478 Å². The molecule has 2 heterocycles. The Balaban J connectivity index is 1.00. The second kappa shape index (κ2) is 20.8. The first kappa shape index (κ1) is 57.3. The van der Waals surface area contributed by atoms with Gasteiger partial charge in [-0.25, -0.2) is 0 Å². The quantitative estimate of drug-likeness (QED) is 0.0744. The standard InChI is InChI=1S/C69H101N3O8/c1-40(2)24-42-25-45(30-48(70)27-42)50-12-10-13-53(50)66(6)61(80-66)56(76)32-52-51-29-41(36-73)14-15-44(51)16-17-46(37-74)69-33-55-60-64(4,21-9-8-20-63(3,79)39-72-55)62(78)67(47-26-43(35-71-7)28-49(75)31-47)22-11-23-68(69)34-57(77)59(52)54(68)18-19-58(69)65(60,5)38-67/h25-28,30-31,40-41,44,46,50-53,55-56,58,60-61,71-76,79H,8-24,29,32-39,70H2,1-7H3/t41-,44+,46+,50-,51+,52-,53+,55-,56+,58+,60-,61+,63+,64+,65-,66+,67-,68-,69+/m0/s1. The fraction of sp³-hybridized carbons (Fsp3) is 0.768. The van der Waals surface area contributed by atoms with Gasteiger partial charge in [0.2, 0.25) is 0 Å². The zero-order valence-corrected chi connectivity index (χ0v) is 49.9. The predicted molar refractivity (Wildman–Crippen MR) is 314 cm³/mol. The average molecular weight is 1100 g/mol. The van der Waals surface area contributed by atoms with Crippen LogP contribution in [0.5, 0.6) is 5.75 Å². The number of phenols is 1. The highest BCUT2D eigenvalue weighted by Gasteiger charge is 2.78. The van der Waals surface area contributed by atoms with Crippen molar-refractivity contribution in [1.82, 2.24) is 10.6 Å². The summed E-state index contributed by atoms with van der Waals surface area (Å²) in [4.78, 5) is 33.0. The number of fused-ring (bicyclic) bond motifs is 2. The van der Waals surface area contributed by atoms with Gasteiger partial charge in [0.15, 0.2) is 5.78 Å². The number of Topliss-reactive ketones (excluding diaryl/α,β-unsaturated/α-hetero) is 2. The zero-order valence-electron chi connectivity index (χ0n) is 49.9. The molecule has 2 aliphatic heterocycles. The van der Waals surface area contributed by atoms with Crippen LogP contribution in [0.2, 0.25) is 0 Å². The van der Waals surface area contributed by atoms with E-state index in [0.717, 1.165) is 132 Å². The molecule has 80 heavy (non-hydrogen) atoms. The molecular weight excluding hydrogens is 999 g/mol. The molecule has 0 aromatic heterocycles. The lowest BCUT2D eigenvalue weighted by Gasteiger charge is -2.74. The Morgan fingerprint density at radius 2 is 1.65 bits per heavy atom. The molecule has 0 radical (unpaired) electrons. The Morgan fingerprint density at radius 3 is 2.41 bits per heavy atom. The van der Waals surface area contributed by atoms with Crippen molar-refractivity contribution < 1.29 is 39.9 Å². The van der Waals surface area contributed by atoms with Gasteiger partial charge < -0.3 is 46.6 Å². The number of ether oxygens (including phenoxy) is 1. The molecule has 2 aromatic rings. The van der Waals surface area contributed by atoms with Crippen LogP contribution in [0.4, 0.5) is 5.69 Å². The minimum Gasteiger partial charge on any atom is -0.508 e. The molecule has 7 bridgehead atoms. The molecule has 0 unspecified atom stereocenters. The van der Waals surface area contributed by atoms with Gasteiger partial charge in [-0.3, -0.25) is 9.59 Å². The molecular formula is C69H101N3O8. The first-order valence-corrected chi connectivity index (χ1v) is 32.3. The number of benzene rings is 2. The van der Waals surface area contributed by atoms with E-state index >= 15 is 9.59 Å². The van der Waals surface area contributed by atoms with Crippen LogP contribution in [0.25, 0.3) is 0 Å². The van der Waals surface area contributed by atoms with E-state index in [9.17, 15) is 25.5 Å². The van der Waals surface area contributed by atoms with E-state index in [1.165, 1.54) is 16.7 Å². The van der Waals surface area contributed by atoms with Crippen molar-refractivity contribution in [2.75, 3.05) is 32.5 Å². The van der Waals surface area contributed by atoms with E-state index in [1.807, 2.05) is 26.1 Å². The number of nitrogens with one attached hydrogen (secondary N) is 2. The number of aliphatic hydroxyl groups is 4. The number of phenolic OH excluding ortho intramolecular Hbond substituents is 1. The number of hydrogen-bond acceptors (Lipinski definition) is 11. The number of aromatic hydroxyl groups is 1. The molecule has 11 nitrogen and oxygen atoms in total. The van der Waals surface area contributed by atoms with Crippen LogP contribution in [-0.2, 0) is 32.7 Å².